The van der Waals surface area contributed by atoms with E-state index < -0.39 is 17.9 Å². The van der Waals surface area contributed by atoms with Gasteiger partial charge in [-0.15, -0.1) is 0 Å². The van der Waals surface area contributed by atoms with E-state index in [1.165, 1.54) is 6.20 Å². The third kappa shape index (κ3) is 3.45. The Morgan fingerprint density at radius 2 is 2.09 bits per heavy atom. The molecule has 2 atom stereocenters. The third-order valence-electron chi connectivity index (χ3n) is 3.90. The molecule has 1 aromatic carbocycles. The van der Waals surface area contributed by atoms with Crippen LogP contribution in [0.1, 0.15) is 23.3 Å². The fourth-order valence-electron chi connectivity index (χ4n) is 2.69. The number of rotatable bonds is 4. The quantitative estimate of drug-likeness (QED) is 0.880. The van der Waals surface area contributed by atoms with Crippen LogP contribution < -0.4 is 5.32 Å². The van der Waals surface area contributed by atoms with Crippen molar-refractivity contribution in [3.63, 3.8) is 0 Å². The van der Waals surface area contributed by atoms with Crippen LogP contribution in [0.2, 0.25) is 0 Å². The van der Waals surface area contributed by atoms with Crippen molar-refractivity contribution in [1.29, 1.82) is 0 Å². The molecule has 0 aliphatic carbocycles. The van der Waals surface area contributed by atoms with Crippen molar-refractivity contribution in [2.45, 2.75) is 18.9 Å². The Morgan fingerprint density at radius 3 is 2.78 bits per heavy atom. The van der Waals surface area contributed by atoms with Crippen molar-refractivity contribution in [1.82, 2.24) is 15.3 Å². The molecule has 1 fully saturated rings. The van der Waals surface area contributed by atoms with E-state index in [9.17, 15) is 14.7 Å². The number of carboxylic acids is 1. The molecule has 2 unspecified atom stereocenters. The zero-order valence-electron chi connectivity index (χ0n) is 12.4. The van der Waals surface area contributed by atoms with Crippen molar-refractivity contribution in [2.24, 2.45) is 5.92 Å². The topological polar surface area (TPSA) is 101 Å². The molecule has 2 N–H and O–H groups in total. The number of ether oxygens (including phenoxy) is 1. The van der Waals surface area contributed by atoms with Gasteiger partial charge >= 0.3 is 5.97 Å². The predicted molar refractivity (Wildman–Crippen MR) is 82.0 cm³/mol. The van der Waals surface area contributed by atoms with E-state index in [2.05, 4.69) is 15.3 Å². The molecule has 0 spiro atoms. The maximum Gasteiger partial charge on any atom is 0.326 e. The van der Waals surface area contributed by atoms with Crippen molar-refractivity contribution in [3.8, 4) is 0 Å². The van der Waals surface area contributed by atoms with Crippen LogP contribution in [0, 0.1) is 5.92 Å². The van der Waals surface area contributed by atoms with E-state index in [1.807, 2.05) is 6.07 Å². The van der Waals surface area contributed by atoms with E-state index in [4.69, 9.17) is 4.74 Å². The average molecular weight is 315 g/mol. The van der Waals surface area contributed by atoms with Gasteiger partial charge in [0.25, 0.3) is 5.91 Å². The van der Waals surface area contributed by atoms with Gasteiger partial charge in [0.15, 0.2) is 0 Å². The highest BCUT2D eigenvalue weighted by Crippen LogP contribution is 2.18. The van der Waals surface area contributed by atoms with Crippen molar-refractivity contribution in [3.05, 3.63) is 36.2 Å². The predicted octanol–water partition coefficient (Wildman–Crippen LogP) is 1.24. The van der Waals surface area contributed by atoms with Gasteiger partial charge in [-0.2, -0.15) is 0 Å². The van der Waals surface area contributed by atoms with Crippen LogP contribution in [0.3, 0.4) is 0 Å². The fraction of sp³-hybridized carbons (Fsp3) is 0.375. The van der Waals surface area contributed by atoms with Crippen molar-refractivity contribution >= 4 is 22.9 Å². The molecular weight excluding hydrogens is 298 g/mol. The first-order chi connectivity index (χ1) is 11.1. The van der Waals surface area contributed by atoms with Gasteiger partial charge in [0.1, 0.15) is 11.7 Å². The van der Waals surface area contributed by atoms with Gasteiger partial charge in [-0.25, -0.2) is 9.78 Å². The van der Waals surface area contributed by atoms with Gasteiger partial charge in [0.2, 0.25) is 0 Å². The number of nitrogens with one attached hydrogen (secondary N) is 1. The molecule has 1 aliphatic heterocycles. The molecule has 23 heavy (non-hydrogen) atoms. The van der Waals surface area contributed by atoms with E-state index in [0.29, 0.717) is 30.7 Å². The van der Waals surface area contributed by atoms with E-state index >= 15 is 0 Å². The Bertz CT molecular complexity index is 728. The number of aliphatic carboxylic acids is 1. The first-order valence-electron chi connectivity index (χ1n) is 7.48. The summed E-state index contributed by atoms with van der Waals surface area (Å²) in [6.45, 7) is 0.966. The van der Waals surface area contributed by atoms with Crippen LogP contribution in [0.4, 0.5) is 0 Å². The SMILES string of the molecule is O=C(NC(C(=O)O)C1CCCOC1)c1cnc2ccccc2n1. The summed E-state index contributed by atoms with van der Waals surface area (Å²) in [5.41, 5.74) is 1.37. The van der Waals surface area contributed by atoms with Crippen molar-refractivity contribution in [2.75, 3.05) is 13.2 Å². The average Bonchev–Trinajstić information content (AvgIpc) is 2.59. The zero-order valence-corrected chi connectivity index (χ0v) is 12.4. The summed E-state index contributed by atoms with van der Waals surface area (Å²) in [5.74, 6) is -1.84. The lowest BCUT2D eigenvalue weighted by Crippen LogP contribution is -2.48. The number of fused-ring (bicyclic) bond motifs is 1. The van der Waals surface area contributed by atoms with Crippen LogP contribution in [0.5, 0.6) is 0 Å². The lowest BCUT2D eigenvalue weighted by atomic mass is 9.93. The summed E-state index contributed by atoms with van der Waals surface area (Å²) in [5, 5.41) is 11.9. The summed E-state index contributed by atoms with van der Waals surface area (Å²) in [6.07, 6.45) is 2.86. The normalized spacial score (nSPS) is 19.2. The minimum Gasteiger partial charge on any atom is -0.480 e. The lowest BCUT2D eigenvalue weighted by Gasteiger charge is -2.27. The molecule has 7 nitrogen and oxygen atoms in total. The second-order valence-corrected chi connectivity index (χ2v) is 5.51. The Labute approximate surface area is 132 Å². The number of hydrogen-bond acceptors (Lipinski definition) is 5. The summed E-state index contributed by atoms with van der Waals surface area (Å²) in [7, 11) is 0. The molecule has 1 aromatic heterocycles. The summed E-state index contributed by atoms with van der Waals surface area (Å²) < 4.78 is 5.32. The van der Waals surface area contributed by atoms with Gasteiger partial charge in [0.05, 0.1) is 23.8 Å². The van der Waals surface area contributed by atoms with Crippen molar-refractivity contribution < 1.29 is 19.4 Å². The first-order valence-corrected chi connectivity index (χ1v) is 7.48. The number of aromatic nitrogens is 2. The van der Waals surface area contributed by atoms with Crippen LogP contribution in [0.25, 0.3) is 11.0 Å². The first kappa shape index (κ1) is 15.4. The third-order valence-corrected chi connectivity index (χ3v) is 3.90. The van der Waals surface area contributed by atoms with E-state index in [-0.39, 0.29) is 11.6 Å². The smallest absolute Gasteiger partial charge is 0.326 e. The zero-order chi connectivity index (χ0) is 16.2. The second kappa shape index (κ2) is 6.70. The highest BCUT2D eigenvalue weighted by molar-refractivity contribution is 5.96. The van der Waals surface area contributed by atoms with E-state index in [0.717, 1.165) is 6.42 Å². The molecule has 7 heteroatoms. The Hall–Kier alpha value is -2.54. The molecule has 0 radical (unpaired) electrons. The standard InChI is InChI=1S/C16H17N3O4/c20-15(13-8-17-11-5-1-2-6-12(11)18-13)19-14(16(21)22)10-4-3-7-23-9-10/h1-2,5-6,8,10,14H,3-4,7,9H2,(H,19,20)(H,21,22). The summed E-state index contributed by atoms with van der Waals surface area (Å²) >= 11 is 0. The Balaban J connectivity index is 1.78. The van der Waals surface area contributed by atoms with Crippen LogP contribution >= 0.6 is 0 Å². The van der Waals surface area contributed by atoms with E-state index in [1.54, 1.807) is 18.2 Å². The maximum absolute atomic E-state index is 12.3. The number of amides is 1. The van der Waals surface area contributed by atoms with Gasteiger partial charge < -0.3 is 15.2 Å². The molecule has 0 bridgehead atoms. The molecular formula is C16H17N3O4. The van der Waals surface area contributed by atoms with Crippen LogP contribution in [0.15, 0.2) is 30.5 Å². The minimum absolute atomic E-state index is 0.103. The van der Waals surface area contributed by atoms with Crippen LogP contribution in [-0.4, -0.2) is 46.2 Å². The molecule has 1 saturated heterocycles. The number of nitrogens with zero attached hydrogens (tertiary/aromatic N) is 2. The number of benzene rings is 1. The number of hydrogen-bond donors (Lipinski definition) is 2. The number of carbonyl (C=O) groups is 2. The molecule has 1 aliphatic rings. The maximum atomic E-state index is 12.3. The van der Waals surface area contributed by atoms with Gasteiger partial charge in [-0.05, 0) is 25.0 Å². The number of carboxylic acid groups (broad SMARTS) is 1. The minimum atomic E-state index is -1.07. The number of para-hydroxylation sites is 2. The second-order valence-electron chi connectivity index (χ2n) is 5.51. The Morgan fingerprint density at radius 1 is 1.30 bits per heavy atom. The summed E-state index contributed by atoms with van der Waals surface area (Å²) in [6, 6.07) is 6.20. The molecule has 120 valence electrons. The number of carbonyl (C=O) groups excluding carboxylic acids is 1. The summed E-state index contributed by atoms with van der Waals surface area (Å²) in [4.78, 5) is 32.2. The largest absolute Gasteiger partial charge is 0.480 e. The molecule has 2 aromatic rings. The fourth-order valence-corrected chi connectivity index (χ4v) is 2.69. The van der Waals surface area contributed by atoms with Gasteiger partial charge in [0, 0.05) is 12.5 Å². The lowest BCUT2D eigenvalue weighted by molar-refractivity contribution is -0.142. The van der Waals surface area contributed by atoms with Gasteiger partial charge in [-0.1, -0.05) is 12.1 Å². The molecule has 0 saturated carbocycles. The highest BCUT2D eigenvalue weighted by Gasteiger charge is 2.31. The highest BCUT2D eigenvalue weighted by atomic mass is 16.5. The van der Waals surface area contributed by atoms with Crippen LogP contribution in [-0.2, 0) is 9.53 Å². The Kier molecular flexibility index (Phi) is 4.47. The monoisotopic (exact) mass is 315 g/mol. The van der Waals surface area contributed by atoms with Gasteiger partial charge in [-0.3, -0.25) is 9.78 Å². The molecule has 2 heterocycles. The molecule has 1 amide bonds. The molecule has 3 rings (SSSR count).